The number of nitrogens with zero attached hydrogens (tertiary/aromatic N) is 2. The fourth-order valence-corrected chi connectivity index (χ4v) is 2.91. The second kappa shape index (κ2) is 8.14. The number of rotatable bonds is 7. The fraction of sp³-hybridized carbons (Fsp3) is 0.375. The molecule has 0 bridgehead atoms. The van der Waals surface area contributed by atoms with Gasteiger partial charge in [0.05, 0.1) is 17.7 Å². The Morgan fingerprint density at radius 2 is 2.13 bits per heavy atom. The second-order valence-electron chi connectivity index (χ2n) is 5.22. The average Bonchev–Trinajstić information content (AvgIpc) is 2.97. The third-order valence-corrected chi connectivity index (χ3v) is 4.08. The Hall–Kier alpha value is -1.83. The van der Waals surface area contributed by atoms with Crippen molar-refractivity contribution in [3.05, 3.63) is 51.7 Å². The minimum absolute atomic E-state index is 0.171. The summed E-state index contributed by atoms with van der Waals surface area (Å²) in [5, 5.41) is 12.1. The van der Waals surface area contributed by atoms with Gasteiger partial charge in [-0.1, -0.05) is 12.1 Å². The maximum absolute atomic E-state index is 12.9. The summed E-state index contributed by atoms with van der Waals surface area (Å²) in [4.78, 5) is 18.0. The van der Waals surface area contributed by atoms with Crippen LogP contribution in [-0.2, 0) is 11.2 Å². The highest BCUT2D eigenvalue weighted by molar-refractivity contribution is 7.09. The molecular formula is C16H19FN2O3S. The van der Waals surface area contributed by atoms with E-state index in [2.05, 4.69) is 4.98 Å². The molecule has 0 spiro atoms. The molecule has 0 saturated carbocycles. The zero-order chi connectivity index (χ0) is 16.8. The number of thiazole rings is 1. The Labute approximate surface area is 138 Å². The van der Waals surface area contributed by atoms with Gasteiger partial charge in [0.2, 0.25) is 0 Å². The third kappa shape index (κ3) is 5.09. The molecule has 2 rings (SSSR count). The van der Waals surface area contributed by atoms with Gasteiger partial charge in [-0.2, -0.15) is 0 Å². The molecule has 0 radical (unpaired) electrons. The molecule has 23 heavy (non-hydrogen) atoms. The van der Waals surface area contributed by atoms with E-state index < -0.39 is 6.10 Å². The largest absolute Gasteiger partial charge is 0.389 e. The number of amides is 1. The molecule has 0 aliphatic carbocycles. The summed E-state index contributed by atoms with van der Waals surface area (Å²) >= 11 is 1.38. The highest BCUT2D eigenvalue weighted by atomic mass is 32.1. The molecule has 7 heteroatoms. The van der Waals surface area contributed by atoms with E-state index in [1.165, 1.54) is 35.5 Å². The van der Waals surface area contributed by atoms with Crippen LogP contribution in [0.3, 0.4) is 0 Å². The molecule has 2 aromatic rings. The van der Waals surface area contributed by atoms with Gasteiger partial charge in [-0.25, -0.2) is 9.37 Å². The van der Waals surface area contributed by atoms with Crippen molar-refractivity contribution in [3.8, 4) is 0 Å². The zero-order valence-electron chi connectivity index (χ0n) is 13.0. The number of carbonyl (C=O) groups excluding carboxylic acids is 1. The number of hydrogen-bond donors (Lipinski definition) is 1. The van der Waals surface area contributed by atoms with Gasteiger partial charge in [-0.15, -0.1) is 11.3 Å². The van der Waals surface area contributed by atoms with Crippen LogP contribution in [0.15, 0.2) is 29.6 Å². The first-order valence-electron chi connectivity index (χ1n) is 7.11. The summed E-state index contributed by atoms with van der Waals surface area (Å²) in [6, 6.07) is 6.21. The maximum Gasteiger partial charge on any atom is 0.273 e. The molecule has 0 fully saturated rings. The molecular weight excluding hydrogens is 319 g/mol. The number of methoxy groups -OCH3 is 1. The fourth-order valence-electron chi connectivity index (χ4n) is 2.11. The smallest absolute Gasteiger partial charge is 0.273 e. The third-order valence-electron chi connectivity index (χ3n) is 3.23. The molecule has 1 amide bonds. The van der Waals surface area contributed by atoms with Crippen LogP contribution in [0.25, 0.3) is 0 Å². The number of ether oxygens (including phenoxy) is 1. The van der Waals surface area contributed by atoms with Gasteiger partial charge in [0, 0.05) is 32.5 Å². The molecule has 0 saturated heterocycles. The van der Waals surface area contributed by atoms with Crippen molar-refractivity contribution in [2.45, 2.75) is 12.5 Å². The first-order chi connectivity index (χ1) is 11.0. The van der Waals surface area contributed by atoms with E-state index in [4.69, 9.17) is 4.74 Å². The van der Waals surface area contributed by atoms with Gasteiger partial charge in [0.15, 0.2) is 0 Å². The van der Waals surface area contributed by atoms with Crippen LogP contribution in [-0.4, -0.2) is 54.3 Å². The number of benzene rings is 1. The van der Waals surface area contributed by atoms with Crippen LogP contribution in [0, 0.1) is 5.82 Å². The van der Waals surface area contributed by atoms with Crippen LogP contribution in [0.2, 0.25) is 0 Å². The Balaban J connectivity index is 1.97. The summed E-state index contributed by atoms with van der Waals surface area (Å²) in [7, 11) is 3.10. The minimum Gasteiger partial charge on any atom is -0.389 e. The highest BCUT2D eigenvalue weighted by Crippen LogP contribution is 2.16. The number of aliphatic hydroxyl groups excluding tert-OH is 1. The van der Waals surface area contributed by atoms with Crippen LogP contribution in [0.1, 0.15) is 21.1 Å². The summed E-state index contributed by atoms with van der Waals surface area (Å²) < 4.78 is 17.7. The number of likely N-dealkylation sites (N-methyl/N-ethyl adjacent to an activating group) is 1. The first-order valence-corrected chi connectivity index (χ1v) is 7.99. The van der Waals surface area contributed by atoms with Crippen molar-refractivity contribution in [1.82, 2.24) is 9.88 Å². The van der Waals surface area contributed by atoms with Gasteiger partial charge < -0.3 is 14.7 Å². The van der Waals surface area contributed by atoms with Crippen molar-refractivity contribution >= 4 is 17.2 Å². The Kier molecular flexibility index (Phi) is 6.20. The van der Waals surface area contributed by atoms with Gasteiger partial charge in [-0.05, 0) is 17.7 Å². The van der Waals surface area contributed by atoms with Crippen LogP contribution >= 0.6 is 11.3 Å². The summed E-state index contributed by atoms with van der Waals surface area (Å²) in [5.41, 5.74) is 1.28. The lowest BCUT2D eigenvalue weighted by Crippen LogP contribution is -2.36. The van der Waals surface area contributed by atoms with E-state index in [1.54, 1.807) is 24.6 Å². The van der Waals surface area contributed by atoms with Gasteiger partial charge in [0.1, 0.15) is 11.5 Å². The standard InChI is InChI=1S/C16H19FN2O3S/c1-19(8-13(20)9-22-2)16(21)14-10-23-15(18-14)7-11-3-5-12(17)6-4-11/h3-6,10,13,20H,7-9H2,1-2H3. The summed E-state index contributed by atoms with van der Waals surface area (Å²) in [6.45, 7) is 0.349. The molecule has 1 heterocycles. The van der Waals surface area contributed by atoms with Gasteiger partial charge in [0.25, 0.3) is 5.91 Å². The topological polar surface area (TPSA) is 62.7 Å². The van der Waals surface area contributed by atoms with E-state index in [-0.39, 0.29) is 24.9 Å². The number of carbonyl (C=O) groups is 1. The van der Waals surface area contributed by atoms with E-state index >= 15 is 0 Å². The molecule has 0 aliphatic rings. The Morgan fingerprint density at radius 1 is 1.43 bits per heavy atom. The monoisotopic (exact) mass is 338 g/mol. The lowest BCUT2D eigenvalue weighted by molar-refractivity contribution is 0.0378. The molecule has 1 aromatic heterocycles. The van der Waals surface area contributed by atoms with E-state index in [0.29, 0.717) is 12.1 Å². The molecule has 1 atom stereocenters. The van der Waals surface area contributed by atoms with Crippen LogP contribution < -0.4 is 0 Å². The van der Waals surface area contributed by atoms with E-state index in [1.807, 2.05) is 0 Å². The lowest BCUT2D eigenvalue weighted by Gasteiger charge is -2.19. The molecule has 5 nitrogen and oxygen atoms in total. The van der Waals surface area contributed by atoms with Crippen molar-refractivity contribution in [3.63, 3.8) is 0 Å². The Morgan fingerprint density at radius 3 is 2.78 bits per heavy atom. The van der Waals surface area contributed by atoms with Crippen molar-refractivity contribution in [1.29, 1.82) is 0 Å². The van der Waals surface area contributed by atoms with E-state index in [0.717, 1.165) is 10.6 Å². The van der Waals surface area contributed by atoms with Gasteiger partial charge >= 0.3 is 0 Å². The number of hydrogen-bond acceptors (Lipinski definition) is 5. The predicted octanol–water partition coefficient (Wildman–Crippen LogP) is 1.95. The molecule has 1 N–H and O–H groups in total. The summed E-state index contributed by atoms with van der Waals surface area (Å²) in [5.74, 6) is -0.526. The first kappa shape index (κ1) is 17.5. The van der Waals surface area contributed by atoms with Gasteiger partial charge in [-0.3, -0.25) is 4.79 Å². The maximum atomic E-state index is 12.9. The Bertz CT molecular complexity index is 645. The predicted molar refractivity (Wildman–Crippen MR) is 86.2 cm³/mol. The number of aliphatic hydroxyl groups is 1. The minimum atomic E-state index is -0.730. The SMILES string of the molecule is COCC(O)CN(C)C(=O)c1csc(Cc2ccc(F)cc2)n1. The number of aromatic nitrogens is 1. The highest BCUT2D eigenvalue weighted by Gasteiger charge is 2.18. The van der Waals surface area contributed by atoms with Crippen molar-refractivity contribution < 1.29 is 19.0 Å². The lowest BCUT2D eigenvalue weighted by atomic mass is 10.1. The van der Waals surface area contributed by atoms with E-state index in [9.17, 15) is 14.3 Å². The average molecular weight is 338 g/mol. The quantitative estimate of drug-likeness (QED) is 0.838. The molecule has 1 unspecified atom stereocenters. The summed E-state index contributed by atoms with van der Waals surface area (Å²) in [6.07, 6.45) is -0.180. The molecule has 1 aromatic carbocycles. The van der Waals surface area contributed by atoms with Crippen LogP contribution in [0.5, 0.6) is 0 Å². The van der Waals surface area contributed by atoms with Crippen molar-refractivity contribution in [2.24, 2.45) is 0 Å². The van der Waals surface area contributed by atoms with Crippen molar-refractivity contribution in [2.75, 3.05) is 27.3 Å². The van der Waals surface area contributed by atoms with Crippen LogP contribution in [0.4, 0.5) is 4.39 Å². The molecule has 124 valence electrons. The molecule has 0 aliphatic heterocycles. The number of halogens is 1. The second-order valence-corrected chi connectivity index (χ2v) is 6.17. The zero-order valence-corrected chi connectivity index (χ0v) is 13.8. The normalized spacial score (nSPS) is 12.2.